The monoisotopic (exact) mass is 264 g/mol. The second-order valence-corrected chi connectivity index (χ2v) is 5.60. The van der Waals surface area contributed by atoms with E-state index in [0.29, 0.717) is 0 Å². The molecule has 0 amide bonds. The lowest BCUT2D eigenvalue weighted by Crippen LogP contribution is -2.73. The number of hydrogen-bond acceptors (Lipinski definition) is 1. The maximum atomic E-state index is 13.8. The average Bonchev–Trinajstić information content (AvgIpc) is 2.00. The van der Waals surface area contributed by atoms with Crippen LogP contribution in [0, 0.1) is 5.92 Å². The summed E-state index contributed by atoms with van der Waals surface area (Å²) >= 11 is 9.86. The molecule has 1 rings (SSSR count). The minimum absolute atomic E-state index is 0.475. The van der Waals surface area contributed by atoms with Gasteiger partial charge in [-0.15, -0.1) is 0 Å². The molecule has 0 aliphatic carbocycles. The van der Waals surface area contributed by atoms with E-state index in [1.807, 2.05) is 0 Å². The van der Waals surface area contributed by atoms with Gasteiger partial charge in [-0.25, -0.2) is 4.39 Å². The van der Waals surface area contributed by atoms with Gasteiger partial charge in [-0.3, -0.25) is 0 Å². The standard InChI is InChI=1S/C9H13Cl2F3O/c1-5-6(2,3)15-7(5,4)8(10,12)9(11,13)14/h5H,1-4H3. The quantitative estimate of drug-likeness (QED) is 0.687. The third-order valence-corrected chi connectivity index (χ3v) is 4.29. The molecule has 0 aromatic carbocycles. The summed E-state index contributed by atoms with van der Waals surface area (Å²) < 4.78 is 44.6. The van der Waals surface area contributed by atoms with Crippen LogP contribution in [0.4, 0.5) is 13.2 Å². The van der Waals surface area contributed by atoms with Gasteiger partial charge in [0.05, 0.1) is 5.60 Å². The lowest BCUT2D eigenvalue weighted by atomic mass is 9.69. The lowest BCUT2D eigenvalue weighted by Gasteiger charge is -2.61. The Bertz CT molecular complexity index is 275. The summed E-state index contributed by atoms with van der Waals surface area (Å²) in [6.45, 7) is 6.16. The molecule has 1 aliphatic rings. The van der Waals surface area contributed by atoms with E-state index in [2.05, 4.69) is 11.6 Å². The van der Waals surface area contributed by atoms with Gasteiger partial charge in [0.15, 0.2) is 0 Å². The van der Waals surface area contributed by atoms with Crippen LogP contribution in [0.5, 0.6) is 0 Å². The smallest absolute Gasteiger partial charge is 0.364 e. The van der Waals surface area contributed by atoms with Gasteiger partial charge >= 0.3 is 5.38 Å². The predicted molar refractivity (Wildman–Crippen MR) is 53.2 cm³/mol. The van der Waals surface area contributed by atoms with Crippen LogP contribution in [0.25, 0.3) is 0 Å². The Kier molecular flexibility index (Phi) is 2.83. The summed E-state index contributed by atoms with van der Waals surface area (Å²) in [7, 11) is 0. The fourth-order valence-corrected chi connectivity index (χ4v) is 2.34. The molecule has 0 aromatic heterocycles. The van der Waals surface area contributed by atoms with Gasteiger partial charge in [-0.2, -0.15) is 8.78 Å². The molecule has 3 unspecified atom stereocenters. The molecule has 1 saturated heterocycles. The van der Waals surface area contributed by atoms with Crippen molar-refractivity contribution in [3.63, 3.8) is 0 Å². The van der Waals surface area contributed by atoms with Gasteiger partial charge in [0, 0.05) is 5.92 Å². The van der Waals surface area contributed by atoms with E-state index < -0.39 is 27.6 Å². The molecule has 0 saturated carbocycles. The molecular weight excluding hydrogens is 252 g/mol. The second-order valence-electron chi connectivity index (χ2n) is 4.61. The normalized spacial score (nSPS) is 39.4. The summed E-state index contributed by atoms with van der Waals surface area (Å²) in [5, 5.41) is -7.59. The van der Waals surface area contributed by atoms with Crippen molar-refractivity contribution in [3.8, 4) is 0 Å². The highest BCUT2D eigenvalue weighted by atomic mass is 35.5. The molecule has 0 radical (unpaired) electrons. The van der Waals surface area contributed by atoms with Crippen molar-refractivity contribution in [2.24, 2.45) is 5.92 Å². The van der Waals surface area contributed by atoms with E-state index in [4.69, 9.17) is 16.3 Å². The van der Waals surface area contributed by atoms with Crippen LogP contribution in [0.15, 0.2) is 0 Å². The van der Waals surface area contributed by atoms with Gasteiger partial charge in [0.25, 0.3) is 5.13 Å². The topological polar surface area (TPSA) is 9.23 Å². The SMILES string of the molecule is CC1C(C)(C)OC1(C)C(F)(Cl)C(F)(F)Cl. The zero-order chi connectivity index (χ0) is 12.3. The second kappa shape index (κ2) is 3.17. The Morgan fingerprint density at radius 2 is 1.53 bits per heavy atom. The fourth-order valence-electron chi connectivity index (χ4n) is 1.95. The maximum absolute atomic E-state index is 13.8. The Morgan fingerprint density at radius 1 is 1.13 bits per heavy atom. The van der Waals surface area contributed by atoms with Crippen molar-refractivity contribution in [1.29, 1.82) is 0 Å². The Balaban J connectivity index is 3.01. The van der Waals surface area contributed by atoms with E-state index in [1.54, 1.807) is 20.8 Å². The summed E-state index contributed by atoms with van der Waals surface area (Å²) in [6.07, 6.45) is 0. The molecule has 1 aliphatic heterocycles. The highest BCUT2D eigenvalue weighted by molar-refractivity contribution is 6.33. The van der Waals surface area contributed by atoms with Gasteiger partial charge < -0.3 is 4.74 Å². The molecule has 1 nitrogen and oxygen atoms in total. The molecule has 0 aromatic rings. The molecule has 0 N–H and O–H groups in total. The molecule has 0 spiro atoms. The van der Waals surface area contributed by atoms with E-state index >= 15 is 0 Å². The summed E-state index contributed by atoms with van der Waals surface area (Å²) in [4.78, 5) is 0. The van der Waals surface area contributed by atoms with Crippen molar-refractivity contribution in [3.05, 3.63) is 0 Å². The van der Waals surface area contributed by atoms with Crippen molar-refractivity contribution >= 4 is 23.2 Å². The number of rotatable bonds is 2. The van der Waals surface area contributed by atoms with Crippen molar-refractivity contribution < 1.29 is 17.9 Å². The maximum Gasteiger partial charge on any atom is 0.371 e. The first-order valence-electron chi connectivity index (χ1n) is 4.51. The number of alkyl halides is 5. The highest BCUT2D eigenvalue weighted by Gasteiger charge is 2.74. The van der Waals surface area contributed by atoms with Gasteiger partial charge in [0.1, 0.15) is 5.60 Å². The first kappa shape index (κ1) is 13.4. The minimum atomic E-state index is -4.17. The van der Waals surface area contributed by atoms with E-state index in [9.17, 15) is 13.2 Å². The zero-order valence-electron chi connectivity index (χ0n) is 8.88. The molecule has 1 fully saturated rings. The van der Waals surface area contributed by atoms with Crippen molar-refractivity contribution in [2.75, 3.05) is 0 Å². The molecule has 6 heteroatoms. The van der Waals surface area contributed by atoms with Crippen molar-refractivity contribution in [2.45, 2.75) is 49.4 Å². The number of halogens is 5. The molecule has 1 heterocycles. The predicted octanol–water partition coefficient (Wildman–Crippen LogP) is 3.93. The first-order valence-corrected chi connectivity index (χ1v) is 5.26. The van der Waals surface area contributed by atoms with E-state index in [-0.39, 0.29) is 0 Å². The third kappa shape index (κ3) is 1.65. The number of hydrogen-bond donors (Lipinski definition) is 0. The highest BCUT2D eigenvalue weighted by Crippen LogP contribution is 2.60. The molecule has 90 valence electrons. The lowest BCUT2D eigenvalue weighted by molar-refractivity contribution is -0.343. The molecule has 15 heavy (non-hydrogen) atoms. The molecular formula is C9H13Cl2F3O. The van der Waals surface area contributed by atoms with Crippen LogP contribution in [-0.4, -0.2) is 21.7 Å². The van der Waals surface area contributed by atoms with E-state index in [0.717, 1.165) is 0 Å². The molecule has 3 atom stereocenters. The van der Waals surface area contributed by atoms with Crippen LogP contribution < -0.4 is 0 Å². The largest absolute Gasteiger partial charge is 0.371 e. The fraction of sp³-hybridized carbons (Fsp3) is 1.00. The summed E-state index contributed by atoms with van der Waals surface area (Å²) in [6, 6.07) is 0. The van der Waals surface area contributed by atoms with Crippen LogP contribution in [0.3, 0.4) is 0 Å². The van der Waals surface area contributed by atoms with Crippen LogP contribution >= 0.6 is 23.2 Å². The van der Waals surface area contributed by atoms with Gasteiger partial charge in [0.2, 0.25) is 0 Å². The first-order chi connectivity index (χ1) is 6.36. The summed E-state index contributed by atoms with van der Waals surface area (Å²) in [5.74, 6) is -0.475. The van der Waals surface area contributed by atoms with Crippen molar-refractivity contribution in [1.82, 2.24) is 0 Å². The Hall–Kier alpha value is 0.330. The Labute approximate surface area is 96.9 Å². The molecule has 0 bridgehead atoms. The average molecular weight is 265 g/mol. The van der Waals surface area contributed by atoms with Crippen LogP contribution in [-0.2, 0) is 4.74 Å². The van der Waals surface area contributed by atoms with E-state index in [1.165, 1.54) is 6.92 Å². The third-order valence-electron chi connectivity index (χ3n) is 3.32. The summed E-state index contributed by atoms with van der Waals surface area (Å²) in [5.41, 5.74) is -2.47. The Morgan fingerprint density at radius 3 is 1.73 bits per heavy atom. The van der Waals surface area contributed by atoms with Crippen LogP contribution in [0.1, 0.15) is 27.7 Å². The zero-order valence-corrected chi connectivity index (χ0v) is 10.4. The van der Waals surface area contributed by atoms with Gasteiger partial charge in [-0.05, 0) is 32.4 Å². The van der Waals surface area contributed by atoms with Crippen LogP contribution in [0.2, 0.25) is 0 Å². The number of ether oxygens (including phenoxy) is 1. The van der Waals surface area contributed by atoms with Gasteiger partial charge in [-0.1, -0.05) is 18.5 Å². The minimum Gasteiger partial charge on any atom is -0.364 e.